The molecule has 1 unspecified atom stereocenters. The Morgan fingerprint density at radius 3 is 2.39 bits per heavy atom. The average molecular weight is 252 g/mol. The Balaban J connectivity index is 4.50. The molecule has 1 amide bonds. The van der Waals surface area contributed by atoms with Crippen LogP contribution in [-0.4, -0.2) is 36.2 Å². The lowest BCUT2D eigenvalue weighted by molar-refractivity contribution is -0.132. The average Bonchev–Trinajstić information content (AvgIpc) is 2.40. The Bertz CT molecular complexity index is 324. The number of carbonyl (C=O) groups is 2. The van der Waals surface area contributed by atoms with Crippen molar-refractivity contribution in [1.82, 2.24) is 10.2 Å². The molecule has 0 aromatic carbocycles. The first-order chi connectivity index (χ1) is 8.47. The number of allylic oxidation sites excluding steroid dienone is 1. The maximum Gasteiger partial charge on any atom is 0.222 e. The van der Waals surface area contributed by atoms with Crippen molar-refractivity contribution in [2.75, 3.05) is 13.1 Å². The molecule has 0 rings (SSSR count). The minimum absolute atomic E-state index is 0.0226. The first-order valence-corrected chi connectivity index (χ1v) is 6.32. The van der Waals surface area contributed by atoms with Gasteiger partial charge in [-0.1, -0.05) is 27.0 Å². The predicted molar refractivity (Wildman–Crippen MR) is 74.1 cm³/mol. The van der Waals surface area contributed by atoms with Crippen molar-refractivity contribution in [3.8, 4) is 0 Å². The summed E-state index contributed by atoms with van der Waals surface area (Å²) in [6.07, 6.45) is 1.99. The second kappa shape index (κ2) is 8.50. The Hall–Kier alpha value is -1.58. The lowest BCUT2D eigenvalue weighted by atomic mass is 10.1. The summed E-state index contributed by atoms with van der Waals surface area (Å²) in [7, 11) is 0. The van der Waals surface area contributed by atoms with Crippen LogP contribution in [0.1, 0.15) is 33.6 Å². The van der Waals surface area contributed by atoms with Crippen LogP contribution in [0, 0.1) is 0 Å². The molecule has 0 aliphatic carbocycles. The number of hydrogen-bond donors (Lipinski definition) is 1. The summed E-state index contributed by atoms with van der Waals surface area (Å²) in [5.41, 5.74) is 1.37. The second-order valence-corrected chi connectivity index (χ2v) is 4.19. The summed E-state index contributed by atoms with van der Waals surface area (Å²) in [5.74, 6) is 0.0226. The van der Waals surface area contributed by atoms with E-state index >= 15 is 0 Å². The summed E-state index contributed by atoms with van der Waals surface area (Å²) in [6, 6.07) is -0.258. The van der Waals surface area contributed by atoms with E-state index in [0.29, 0.717) is 31.4 Å². The van der Waals surface area contributed by atoms with Gasteiger partial charge in [0.15, 0.2) is 0 Å². The standard InChI is InChI=1S/C14H24N2O2/c1-6-12(4)15-8-9-16(14(18)7-2)13(5)11(3)10-17/h10,13,15H,3-4,6-9H2,1-2,5H3. The van der Waals surface area contributed by atoms with E-state index in [1.165, 1.54) is 0 Å². The molecule has 0 aliphatic rings. The number of nitrogens with zero attached hydrogens (tertiary/aromatic N) is 1. The van der Waals surface area contributed by atoms with E-state index in [0.717, 1.165) is 12.1 Å². The van der Waals surface area contributed by atoms with E-state index in [1.807, 2.05) is 20.8 Å². The lowest BCUT2D eigenvalue weighted by Gasteiger charge is -2.29. The van der Waals surface area contributed by atoms with Crippen molar-refractivity contribution >= 4 is 12.2 Å². The third-order valence-electron chi connectivity index (χ3n) is 2.93. The number of nitrogens with one attached hydrogen (secondary N) is 1. The van der Waals surface area contributed by atoms with Crippen molar-refractivity contribution in [2.45, 2.75) is 39.7 Å². The zero-order valence-electron chi connectivity index (χ0n) is 11.7. The molecule has 0 aliphatic heterocycles. The van der Waals surface area contributed by atoms with Gasteiger partial charge in [0.2, 0.25) is 5.91 Å². The van der Waals surface area contributed by atoms with E-state index in [1.54, 1.807) is 4.90 Å². The van der Waals surface area contributed by atoms with Crippen LogP contribution in [0.2, 0.25) is 0 Å². The fourth-order valence-electron chi connectivity index (χ4n) is 1.51. The highest BCUT2D eigenvalue weighted by molar-refractivity contribution is 5.80. The van der Waals surface area contributed by atoms with Crippen LogP contribution >= 0.6 is 0 Å². The molecular weight excluding hydrogens is 228 g/mol. The van der Waals surface area contributed by atoms with E-state index < -0.39 is 0 Å². The number of amides is 1. The minimum atomic E-state index is -0.258. The van der Waals surface area contributed by atoms with Gasteiger partial charge < -0.3 is 10.2 Å². The van der Waals surface area contributed by atoms with Crippen molar-refractivity contribution in [3.63, 3.8) is 0 Å². The minimum Gasteiger partial charge on any atom is -0.387 e. The third kappa shape index (κ3) is 5.17. The van der Waals surface area contributed by atoms with Crippen LogP contribution < -0.4 is 5.32 Å². The molecule has 4 heteroatoms. The monoisotopic (exact) mass is 252 g/mol. The normalized spacial score (nSPS) is 11.5. The van der Waals surface area contributed by atoms with E-state index in [2.05, 4.69) is 18.5 Å². The van der Waals surface area contributed by atoms with Crippen LogP contribution in [-0.2, 0) is 9.59 Å². The summed E-state index contributed by atoms with van der Waals surface area (Å²) < 4.78 is 0. The smallest absolute Gasteiger partial charge is 0.222 e. The summed E-state index contributed by atoms with van der Waals surface area (Å²) in [6.45, 7) is 14.3. The number of hydrogen-bond acceptors (Lipinski definition) is 3. The molecule has 0 fully saturated rings. The van der Waals surface area contributed by atoms with Gasteiger partial charge >= 0.3 is 0 Å². The Morgan fingerprint density at radius 2 is 1.94 bits per heavy atom. The number of carbonyl (C=O) groups excluding carboxylic acids is 2. The van der Waals surface area contributed by atoms with Crippen LogP contribution in [0.25, 0.3) is 0 Å². The van der Waals surface area contributed by atoms with Crippen LogP contribution in [0.5, 0.6) is 0 Å². The molecule has 102 valence electrons. The zero-order chi connectivity index (χ0) is 14.1. The van der Waals surface area contributed by atoms with Crippen LogP contribution in [0.4, 0.5) is 0 Å². The van der Waals surface area contributed by atoms with Gasteiger partial charge in [-0.3, -0.25) is 9.59 Å². The van der Waals surface area contributed by atoms with Gasteiger partial charge in [0.25, 0.3) is 0 Å². The van der Waals surface area contributed by atoms with E-state index in [-0.39, 0.29) is 11.9 Å². The molecule has 1 atom stereocenters. The van der Waals surface area contributed by atoms with Gasteiger partial charge in [-0.05, 0) is 13.3 Å². The highest BCUT2D eigenvalue weighted by Gasteiger charge is 2.20. The van der Waals surface area contributed by atoms with Gasteiger partial charge in [-0.25, -0.2) is 0 Å². The number of aldehydes is 1. The summed E-state index contributed by atoms with van der Waals surface area (Å²) in [4.78, 5) is 24.2. The van der Waals surface area contributed by atoms with E-state index in [4.69, 9.17) is 0 Å². The zero-order valence-corrected chi connectivity index (χ0v) is 11.7. The Morgan fingerprint density at radius 1 is 1.33 bits per heavy atom. The molecule has 0 saturated carbocycles. The van der Waals surface area contributed by atoms with Crippen molar-refractivity contribution in [1.29, 1.82) is 0 Å². The van der Waals surface area contributed by atoms with Gasteiger partial charge in [0, 0.05) is 30.8 Å². The quantitative estimate of drug-likeness (QED) is 0.503. The van der Waals surface area contributed by atoms with Crippen molar-refractivity contribution in [2.24, 2.45) is 0 Å². The molecular formula is C14H24N2O2. The van der Waals surface area contributed by atoms with Crippen molar-refractivity contribution < 1.29 is 9.59 Å². The van der Waals surface area contributed by atoms with Gasteiger partial charge in [0.05, 0.1) is 6.04 Å². The molecule has 1 N–H and O–H groups in total. The fourth-order valence-corrected chi connectivity index (χ4v) is 1.51. The second-order valence-electron chi connectivity index (χ2n) is 4.19. The largest absolute Gasteiger partial charge is 0.387 e. The third-order valence-corrected chi connectivity index (χ3v) is 2.93. The van der Waals surface area contributed by atoms with E-state index in [9.17, 15) is 9.59 Å². The molecule has 4 nitrogen and oxygen atoms in total. The molecule has 0 radical (unpaired) electrons. The predicted octanol–water partition coefficient (Wildman–Crippen LogP) is 1.88. The number of rotatable bonds is 9. The maximum atomic E-state index is 11.8. The highest BCUT2D eigenvalue weighted by Crippen LogP contribution is 2.08. The maximum absolute atomic E-state index is 11.8. The molecule has 0 bridgehead atoms. The lowest BCUT2D eigenvalue weighted by Crippen LogP contribution is -2.43. The SMILES string of the molecule is C=C(CC)NCCN(C(=O)CC)C(C)C(=C)C=O. The van der Waals surface area contributed by atoms with Gasteiger partial charge in [0.1, 0.15) is 6.29 Å². The highest BCUT2D eigenvalue weighted by atomic mass is 16.2. The molecule has 18 heavy (non-hydrogen) atoms. The topological polar surface area (TPSA) is 49.4 Å². The first-order valence-electron chi connectivity index (χ1n) is 6.32. The van der Waals surface area contributed by atoms with Crippen LogP contribution in [0.15, 0.2) is 24.4 Å². The van der Waals surface area contributed by atoms with Crippen LogP contribution in [0.3, 0.4) is 0 Å². The molecule has 0 aromatic heterocycles. The first kappa shape index (κ1) is 16.4. The van der Waals surface area contributed by atoms with Gasteiger partial charge in [-0.2, -0.15) is 0 Å². The fraction of sp³-hybridized carbons (Fsp3) is 0.571. The molecule has 0 spiro atoms. The molecule has 0 aromatic rings. The molecule has 0 heterocycles. The Kier molecular flexibility index (Phi) is 7.76. The van der Waals surface area contributed by atoms with Crippen molar-refractivity contribution in [3.05, 3.63) is 24.4 Å². The molecule has 0 saturated heterocycles. The summed E-state index contributed by atoms with van der Waals surface area (Å²) >= 11 is 0. The Labute approximate surface area is 110 Å². The summed E-state index contributed by atoms with van der Waals surface area (Å²) in [5, 5.41) is 3.15. The van der Waals surface area contributed by atoms with Gasteiger partial charge in [-0.15, -0.1) is 0 Å².